The molecule has 1 aromatic heterocycles. The third-order valence-electron chi connectivity index (χ3n) is 7.20. The zero-order valence-electron chi connectivity index (χ0n) is 21.4. The smallest absolute Gasteiger partial charge is 0.405 e. The molecular formula is C26H31F3N6O3. The van der Waals surface area contributed by atoms with Crippen molar-refractivity contribution in [2.45, 2.75) is 45.0 Å². The third kappa shape index (κ3) is 5.50. The molecule has 0 spiro atoms. The van der Waals surface area contributed by atoms with Crippen molar-refractivity contribution in [3.8, 4) is 16.9 Å². The number of carbonyl (C=O) groups excluding carboxylic acids is 1. The molecule has 1 atom stereocenters. The van der Waals surface area contributed by atoms with Gasteiger partial charge < -0.3 is 24.6 Å². The van der Waals surface area contributed by atoms with E-state index in [0.29, 0.717) is 61.5 Å². The molecule has 1 saturated heterocycles. The first kappa shape index (κ1) is 26.1. The lowest BCUT2D eigenvalue weighted by Gasteiger charge is -2.37. The van der Waals surface area contributed by atoms with E-state index in [0.717, 1.165) is 24.1 Å². The molecular weight excluding hydrogens is 501 g/mol. The third-order valence-corrected chi connectivity index (χ3v) is 7.20. The van der Waals surface area contributed by atoms with E-state index in [9.17, 15) is 23.4 Å². The summed E-state index contributed by atoms with van der Waals surface area (Å²) >= 11 is 0. The maximum absolute atomic E-state index is 13.4. The number of amidine groups is 1. The van der Waals surface area contributed by atoms with E-state index in [1.165, 1.54) is 23.9 Å². The second kappa shape index (κ2) is 10.3. The van der Waals surface area contributed by atoms with Crippen LogP contribution in [0.3, 0.4) is 0 Å². The highest BCUT2D eigenvalue weighted by atomic mass is 19.4. The Morgan fingerprint density at radius 1 is 1.26 bits per heavy atom. The fraction of sp³-hybridized carbons (Fsp3) is 0.500. The average molecular weight is 533 g/mol. The molecule has 1 aromatic carbocycles. The molecule has 2 N–H and O–H groups in total. The number of anilines is 1. The van der Waals surface area contributed by atoms with Crippen LogP contribution >= 0.6 is 0 Å². The molecule has 0 unspecified atom stereocenters. The lowest BCUT2D eigenvalue weighted by molar-refractivity contribution is -0.274. The van der Waals surface area contributed by atoms with E-state index in [1.807, 2.05) is 0 Å². The van der Waals surface area contributed by atoms with Crippen LogP contribution in [0.4, 0.5) is 18.9 Å². The van der Waals surface area contributed by atoms with Gasteiger partial charge in [-0.05, 0) is 30.9 Å². The van der Waals surface area contributed by atoms with Crippen LogP contribution in [0.2, 0.25) is 0 Å². The van der Waals surface area contributed by atoms with Crippen LogP contribution in [-0.4, -0.2) is 71.7 Å². The number of aromatic nitrogens is 2. The highest BCUT2D eigenvalue weighted by molar-refractivity contribution is 6.09. The van der Waals surface area contributed by atoms with Crippen molar-refractivity contribution >= 4 is 17.4 Å². The van der Waals surface area contributed by atoms with Crippen LogP contribution in [-0.2, 0) is 23.0 Å². The first-order chi connectivity index (χ1) is 18.1. The maximum atomic E-state index is 13.4. The molecule has 0 aliphatic carbocycles. The average Bonchev–Trinajstić information content (AvgIpc) is 3.53. The van der Waals surface area contributed by atoms with Gasteiger partial charge in [0.25, 0.3) is 0 Å². The van der Waals surface area contributed by atoms with Crippen molar-refractivity contribution in [1.82, 2.24) is 20.0 Å². The summed E-state index contributed by atoms with van der Waals surface area (Å²) in [6.45, 7) is 4.00. The molecule has 0 bridgehead atoms. The number of halogens is 3. The summed E-state index contributed by atoms with van der Waals surface area (Å²) in [5.41, 5.74) is 3.69. The fourth-order valence-corrected chi connectivity index (χ4v) is 5.31. The van der Waals surface area contributed by atoms with E-state index < -0.39 is 6.36 Å². The summed E-state index contributed by atoms with van der Waals surface area (Å²) in [5.74, 6) is -0.252. The van der Waals surface area contributed by atoms with E-state index >= 15 is 0 Å². The predicted molar refractivity (Wildman–Crippen MR) is 135 cm³/mol. The van der Waals surface area contributed by atoms with Crippen molar-refractivity contribution in [2.75, 3.05) is 37.7 Å². The topological polar surface area (TPSA) is 95.7 Å². The van der Waals surface area contributed by atoms with E-state index in [2.05, 4.69) is 15.2 Å². The van der Waals surface area contributed by atoms with Gasteiger partial charge in [-0.1, -0.05) is 0 Å². The molecule has 5 rings (SSSR count). The van der Waals surface area contributed by atoms with Crippen LogP contribution in [0.5, 0.6) is 5.75 Å². The van der Waals surface area contributed by atoms with Gasteiger partial charge in [0.15, 0.2) is 0 Å². The van der Waals surface area contributed by atoms with Crippen LogP contribution in [0, 0.1) is 5.41 Å². The van der Waals surface area contributed by atoms with Gasteiger partial charge in [0.1, 0.15) is 11.6 Å². The number of rotatable bonds is 5. The molecule has 0 radical (unpaired) electrons. The number of nitrogens with zero attached hydrogens (tertiary/aromatic N) is 4. The number of benzene rings is 1. The summed E-state index contributed by atoms with van der Waals surface area (Å²) in [5, 5.41) is 16.8. The van der Waals surface area contributed by atoms with Crippen molar-refractivity contribution < 1.29 is 27.4 Å². The lowest BCUT2D eigenvalue weighted by atomic mass is 9.94. The number of fused-ring (bicyclic) bond motifs is 1. The molecule has 4 heterocycles. The van der Waals surface area contributed by atoms with E-state index in [-0.39, 0.29) is 30.1 Å². The second-order valence-electron chi connectivity index (χ2n) is 9.88. The Balaban J connectivity index is 1.54. The standard InChI is InChI=1S/C26H31F3N6O3/c1-16(36)34-8-5-22(32-19-6-9-37-15-19)21(14-34)25(30)35-7-3-4-17-10-20(18-12-31-33(2)13-18)24(11-23(17)35)38-26(27,28)29/h10-13,19,30,32H,3-9,14-15H2,1-2H3/t19-/m0/s1. The zero-order chi connectivity index (χ0) is 27.0. The molecule has 3 aliphatic heterocycles. The first-order valence-electron chi connectivity index (χ1n) is 12.7. The van der Waals surface area contributed by atoms with Crippen LogP contribution in [0.25, 0.3) is 11.1 Å². The number of hydrogen-bond donors (Lipinski definition) is 2. The van der Waals surface area contributed by atoms with Gasteiger partial charge in [-0.2, -0.15) is 5.10 Å². The van der Waals surface area contributed by atoms with Gasteiger partial charge >= 0.3 is 6.36 Å². The SMILES string of the molecule is CC(=O)N1CCC(N[C@H]2CCOC2)=C(C(=N)N2CCCc3cc(-c4cnn(C)c4)c(OC(F)(F)F)cc32)C1. The Kier molecular flexibility index (Phi) is 7.08. The van der Waals surface area contributed by atoms with Crippen molar-refractivity contribution in [2.24, 2.45) is 7.05 Å². The predicted octanol–water partition coefficient (Wildman–Crippen LogP) is 3.60. The summed E-state index contributed by atoms with van der Waals surface area (Å²) in [6.07, 6.45) is 1.06. The molecule has 1 amide bonds. The highest BCUT2D eigenvalue weighted by Crippen LogP contribution is 2.41. The van der Waals surface area contributed by atoms with Gasteiger partial charge in [0, 0.05) is 80.4 Å². The quantitative estimate of drug-likeness (QED) is 0.452. The monoisotopic (exact) mass is 532 g/mol. The number of nitrogens with one attached hydrogen (secondary N) is 2. The van der Waals surface area contributed by atoms with Crippen molar-refractivity contribution in [1.29, 1.82) is 5.41 Å². The fourth-order valence-electron chi connectivity index (χ4n) is 5.31. The minimum Gasteiger partial charge on any atom is -0.405 e. The molecule has 3 aliphatic rings. The maximum Gasteiger partial charge on any atom is 0.573 e. The van der Waals surface area contributed by atoms with Crippen LogP contribution in [0.1, 0.15) is 31.7 Å². The molecule has 204 valence electrons. The summed E-state index contributed by atoms with van der Waals surface area (Å²) in [4.78, 5) is 15.6. The summed E-state index contributed by atoms with van der Waals surface area (Å²) in [7, 11) is 1.70. The van der Waals surface area contributed by atoms with Crippen LogP contribution < -0.4 is 15.0 Å². The summed E-state index contributed by atoms with van der Waals surface area (Å²) in [6, 6.07) is 3.21. The second-order valence-corrected chi connectivity index (χ2v) is 9.88. The number of hydrogen-bond acceptors (Lipinski definition) is 6. The molecule has 1 fully saturated rings. The summed E-state index contributed by atoms with van der Waals surface area (Å²) < 4.78 is 51.8. The van der Waals surface area contributed by atoms with Gasteiger partial charge in [0.05, 0.1) is 25.4 Å². The van der Waals surface area contributed by atoms with Gasteiger partial charge in [-0.25, -0.2) is 0 Å². The number of ether oxygens (including phenoxy) is 2. The number of carbonyl (C=O) groups is 1. The van der Waals surface area contributed by atoms with Crippen molar-refractivity contribution in [3.05, 3.63) is 41.4 Å². The minimum absolute atomic E-state index is 0.0837. The molecule has 9 nitrogen and oxygen atoms in total. The van der Waals surface area contributed by atoms with Gasteiger partial charge in [-0.15, -0.1) is 13.2 Å². The van der Waals surface area contributed by atoms with E-state index in [1.54, 1.807) is 29.1 Å². The number of amides is 1. The zero-order valence-corrected chi connectivity index (χ0v) is 21.4. The van der Waals surface area contributed by atoms with Gasteiger partial charge in [0.2, 0.25) is 5.91 Å². The molecule has 38 heavy (non-hydrogen) atoms. The van der Waals surface area contributed by atoms with Crippen LogP contribution in [0.15, 0.2) is 35.8 Å². The molecule has 12 heteroatoms. The Bertz CT molecular complexity index is 1270. The number of alkyl halides is 3. The Morgan fingerprint density at radius 3 is 2.74 bits per heavy atom. The lowest BCUT2D eigenvalue weighted by Crippen LogP contribution is -2.46. The minimum atomic E-state index is -4.88. The molecule has 2 aromatic rings. The molecule has 0 saturated carbocycles. The Hall–Kier alpha value is -3.54. The normalized spacial score (nSPS) is 20.0. The van der Waals surface area contributed by atoms with Gasteiger partial charge in [-0.3, -0.25) is 14.9 Å². The van der Waals surface area contributed by atoms with Crippen molar-refractivity contribution in [3.63, 3.8) is 0 Å². The van der Waals surface area contributed by atoms with E-state index in [4.69, 9.17) is 4.74 Å². The number of aryl methyl sites for hydroxylation is 2. The first-order valence-corrected chi connectivity index (χ1v) is 12.7. The Morgan fingerprint density at radius 2 is 2.08 bits per heavy atom. The Labute approximate surface area is 218 Å². The largest absolute Gasteiger partial charge is 0.573 e. The highest BCUT2D eigenvalue weighted by Gasteiger charge is 2.35.